The third-order valence-electron chi connectivity index (χ3n) is 4.72. The number of halogens is 1. The van der Waals surface area contributed by atoms with Crippen LogP contribution in [0.3, 0.4) is 0 Å². The molecule has 0 aromatic carbocycles. The van der Waals surface area contributed by atoms with Crippen molar-refractivity contribution in [1.82, 2.24) is 0 Å². The van der Waals surface area contributed by atoms with E-state index in [1.54, 1.807) is 0 Å². The molecule has 0 saturated carbocycles. The molecule has 0 radical (unpaired) electrons. The highest BCUT2D eigenvalue weighted by Crippen LogP contribution is 2.02. The first-order valence-electron chi connectivity index (χ1n) is 13.6. The highest BCUT2D eigenvalue weighted by atomic mass is 127. The second-order valence-electron chi connectivity index (χ2n) is 7.97. The van der Waals surface area contributed by atoms with E-state index in [1.165, 1.54) is 23.7 Å². The normalized spacial score (nSPS) is 11.3. The second kappa shape index (κ2) is 33.9. The number of unbranched alkanes of at least 4 members (excludes halogenated alkanes) is 3. The number of carbonyl (C=O) groups excluding carboxylic acids is 1. The van der Waals surface area contributed by atoms with Gasteiger partial charge in [0.15, 0.2) is 0 Å². The van der Waals surface area contributed by atoms with Crippen molar-refractivity contribution in [3.05, 3.63) is 0 Å². The maximum atomic E-state index is 11.2. The molecule has 0 N–H and O–H groups in total. The maximum absolute atomic E-state index is 11.2. The van der Waals surface area contributed by atoms with E-state index in [4.69, 9.17) is 42.6 Å². The lowest BCUT2D eigenvalue weighted by Crippen LogP contribution is -2.15. The topological polar surface area (TPSA) is 100 Å². The molecule has 10 nitrogen and oxygen atoms in total. The first kappa shape index (κ1) is 36.9. The standard InChI is InChI=1S/C26H51IO10/c1-2-7-26(28)37-25-24-36-23-22-35-21-20-34-19-18-33-17-16-32-15-14-31-13-12-30-11-10-29-9-6-4-3-5-8-27/h2-25H2,1H3. The van der Waals surface area contributed by atoms with Gasteiger partial charge in [0.1, 0.15) is 6.61 Å². The minimum Gasteiger partial charge on any atom is -0.463 e. The van der Waals surface area contributed by atoms with Crippen LogP contribution in [-0.4, -0.2) is 123 Å². The summed E-state index contributed by atoms with van der Waals surface area (Å²) in [7, 11) is 0. The van der Waals surface area contributed by atoms with Gasteiger partial charge in [-0.25, -0.2) is 0 Å². The molecule has 0 aliphatic heterocycles. The molecule has 11 heteroatoms. The van der Waals surface area contributed by atoms with Crippen molar-refractivity contribution in [2.45, 2.75) is 45.4 Å². The number of rotatable bonds is 32. The Morgan fingerprint density at radius 3 is 1.14 bits per heavy atom. The molecule has 37 heavy (non-hydrogen) atoms. The Hall–Kier alpha value is -0.120. The van der Waals surface area contributed by atoms with E-state index in [2.05, 4.69) is 22.6 Å². The molecule has 0 aromatic heterocycles. The van der Waals surface area contributed by atoms with E-state index in [1.807, 2.05) is 6.92 Å². The fraction of sp³-hybridized carbons (Fsp3) is 0.962. The molecule has 0 spiro atoms. The molecule has 0 saturated heterocycles. The van der Waals surface area contributed by atoms with E-state index < -0.39 is 0 Å². The van der Waals surface area contributed by atoms with Crippen LogP contribution in [0.5, 0.6) is 0 Å². The Morgan fingerprint density at radius 1 is 0.459 bits per heavy atom. The SMILES string of the molecule is CCCC(=O)OCCOCCOCCOCCOCCOCCOCCOCCOCCCCCCI. The fourth-order valence-electron chi connectivity index (χ4n) is 2.78. The molecule has 0 rings (SSSR count). The van der Waals surface area contributed by atoms with Crippen molar-refractivity contribution in [2.75, 3.05) is 117 Å². The van der Waals surface area contributed by atoms with Crippen LogP contribution in [0.2, 0.25) is 0 Å². The van der Waals surface area contributed by atoms with Gasteiger partial charge in [0.05, 0.1) is 99.1 Å². The van der Waals surface area contributed by atoms with Gasteiger partial charge in [-0.15, -0.1) is 0 Å². The van der Waals surface area contributed by atoms with Gasteiger partial charge in [-0.1, -0.05) is 42.4 Å². The smallest absolute Gasteiger partial charge is 0.305 e. The monoisotopic (exact) mass is 650 g/mol. The predicted molar refractivity (Wildman–Crippen MR) is 150 cm³/mol. The van der Waals surface area contributed by atoms with Crippen molar-refractivity contribution < 1.29 is 47.4 Å². The van der Waals surface area contributed by atoms with E-state index >= 15 is 0 Å². The van der Waals surface area contributed by atoms with Crippen molar-refractivity contribution in [3.63, 3.8) is 0 Å². The maximum Gasteiger partial charge on any atom is 0.305 e. The fourth-order valence-corrected chi connectivity index (χ4v) is 3.32. The number of hydrogen-bond donors (Lipinski definition) is 0. The van der Waals surface area contributed by atoms with E-state index in [-0.39, 0.29) is 12.6 Å². The number of alkyl halides is 1. The molecular formula is C26H51IO10. The van der Waals surface area contributed by atoms with Crippen LogP contribution in [-0.2, 0) is 47.4 Å². The van der Waals surface area contributed by atoms with Gasteiger partial charge < -0.3 is 42.6 Å². The molecule has 0 unspecified atom stereocenters. The summed E-state index contributed by atoms with van der Waals surface area (Å²) in [5.41, 5.74) is 0. The Kier molecular flexibility index (Phi) is 33.8. The third-order valence-corrected chi connectivity index (χ3v) is 5.48. The molecule has 0 fully saturated rings. The molecule has 0 aliphatic rings. The first-order chi connectivity index (χ1) is 18.3. The average Bonchev–Trinajstić information content (AvgIpc) is 2.90. The Morgan fingerprint density at radius 2 is 0.784 bits per heavy atom. The molecule has 0 amide bonds. The summed E-state index contributed by atoms with van der Waals surface area (Å²) in [4.78, 5) is 11.2. The van der Waals surface area contributed by atoms with E-state index in [9.17, 15) is 4.79 Å². The molecule has 0 aromatic rings. The van der Waals surface area contributed by atoms with Crippen molar-refractivity contribution in [2.24, 2.45) is 0 Å². The van der Waals surface area contributed by atoms with Gasteiger partial charge in [-0.05, 0) is 23.7 Å². The molecule has 0 heterocycles. The van der Waals surface area contributed by atoms with Crippen LogP contribution in [0.4, 0.5) is 0 Å². The lowest BCUT2D eigenvalue weighted by Gasteiger charge is -2.09. The van der Waals surface area contributed by atoms with Crippen LogP contribution in [0.1, 0.15) is 45.4 Å². The molecule has 0 bridgehead atoms. The highest BCUT2D eigenvalue weighted by Gasteiger charge is 2.00. The van der Waals surface area contributed by atoms with Crippen LogP contribution < -0.4 is 0 Å². The van der Waals surface area contributed by atoms with Crippen LogP contribution in [0.15, 0.2) is 0 Å². The van der Waals surface area contributed by atoms with Crippen molar-refractivity contribution in [1.29, 1.82) is 0 Å². The molecule has 0 atom stereocenters. The second-order valence-corrected chi connectivity index (χ2v) is 9.05. The lowest BCUT2D eigenvalue weighted by molar-refractivity contribution is -0.145. The summed E-state index contributed by atoms with van der Waals surface area (Å²) in [6, 6.07) is 0. The highest BCUT2D eigenvalue weighted by molar-refractivity contribution is 14.1. The zero-order chi connectivity index (χ0) is 26.9. The lowest BCUT2D eigenvalue weighted by atomic mass is 10.2. The Balaban J connectivity index is 3.04. The van der Waals surface area contributed by atoms with Crippen LogP contribution in [0, 0.1) is 0 Å². The zero-order valence-corrected chi connectivity index (χ0v) is 25.1. The minimum atomic E-state index is -0.182. The number of hydrogen-bond acceptors (Lipinski definition) is 10. The van der Waals surface area contributed by atoms with Gasteiger partial charge in [0, 0.05) is 13.0 Å². The van der Waals surface area contributed by atoms with Crippen LogP contribution >= 0.6 is 22.6 Å². The van der Waals surface area contributed by atoms with Crippen LogP contribution in [0.25, 0.3) is 0 Å². The summed E-state index contributed by atoms with van der Waals surface area (Å²) in [5.74, 6) is -0.182. The van der Waals surface area contributed by atoms with Crippen molar-refractivity contribution >= 4 is 28.6 Å². The third kappa shape index (κ3) is 33.9. The van der Waals surface area contributed by atoms with E-state index in [0.717, 1.165) is 19.4 Å². The van der Waals surface area contributed by atoms with Gasteiger partial charge in [-0.2, -0.15) is 0 Å². The van der Waals surface area contributed by atoms with Gasteiger partial charge in [-0.3, -0.25) is 4.79 Å². The van der Waals surface area contributed by atoms with E-state index in [0.29, 0.717) is 106 Å². The number of ether oxygens (including phenoxy) is 9. The number of carbonyl (C=O) groups is 1. The summed E-state index contributed by atoms with van der Waals surface area (Å²) in [6.45, 7) is 10.9. The molecule has 0 aliphatic carbocycles. The Labute approximate surface area is 237 Å². The molecular weight excluding hydrogens is 599 g/mol. The summed E-state index contributed by atoms with van der Waals surface area (Å²) >= 11 is 2.42. The average molecular weight is 651 g/mol. The van der Waals surface area contributed by atoms with Crippen molar-refractivity contribution in [3.8, 4) is 0 Å². The largest absolute Gasteiger partial charge is 0.463 e. The quantitative estimate of drug-likeness (QED) is 0.0466. The Bertz CT molecular complexity index is 446. The predicted octanol–water partition coefficient (Wildman–Crippen LogP) is 3.46. The minimum absolute atomic E-state index is 0.182. The van der Waals surface area contributed by atoms with Gasteiger partial charge in [0.25, 0.3) is 0 Å². The van der Waals surface area contributed by atoms with Gasteiger partial charge in [0.2, 0.25) is 0 Å². The summed E-state index contributed by atoms with van der Waals surface area (Å²) in [5, 5.41) is 0. The molecule has 222 valence electrons. The van der Waals surface area contributed by atoms with Gasteiger partial charge >= 0.3 is 5.97 Å². The zero-order valence-electron chi connectivity index (χ0n) is 22.9. The first-order valence-corrected chi connectivity index (χ1v) is 15.2. The number of esters is 1. The summed E-state index contributed by atoms with van der Waals surface area (Å²) in [6.07, 6.45) is 6.22. The summed E-state index contributed by atoms with van der Waals surface area (Å²) < 4.78 is 49.8.